The molecule has 1 radical (unpaired) electrons. The van der Waals surface area contributed by atoms with E-state index in [1.165, 1.54) is 12.1 Å². The number of aromatic carboxylic acids is 1. The fourth-order valence-corrected chi connectivity index (χ4v) is 0.972. The Morgan fingerprint density at radius 3 is 2.64 bits per heavy atom. The second-order valence-corrected chi connectivity index (χ2v) is 2.73. The van der Waals surface area contributed by atoms with Crippen molar-refractivity contribution in [3.05, 3.63) is 28.2 Å². The highest BCUT2D eigenvalue weighted by atomic mass is 79.9. The number of halogens is 1. The molecule has 0 aliphatic carbocycles. The number of carboxylic acid groups (broad SMARTS) is 1. The van der Waals surface area contributed by atoms with E-state index >= 15 is 0 Å². The second-order valence-electron chi connectivity index (χ2n) is 1.87. The number of aromatic hydroxyl groups is 1. The van der Waals surface area contributed by atoms with Crippen LogP contribution >= 0.6 is 15.9 Å². The maximum Gasteiger partial charge on any atom is 0.339 e. The largest absolute Gasteiger partial charge is 0.506 e. The average molecular weight is 216 g/mol. The Hall–Kier alpha value is -1.03. The van der Waals surface area contributed by atoms with Gasteiger partial charge in [-0.1, -0.05) is 0 Å². The Labute approximate surface area is 71.4 Å². The lowest BCUT2D eigenvalue weighted by Crippen LogP contribution is -1.96. The minimum atomic E-state index is -1.17. The zero-order valence-corrected chi connectivity index (χ0v) is 6.92. The molecule has 0 fully saturated rings. The molecule has 1 aromatic rings. The summed E-state index contributed by atoms with van der Waals surface area (Å²) in [6.45, 7) is 0. The van der Waals surface area contributed by atoms with Crippen molar-refractivity contribution in [1.82, 2.24) is 0 Å². The van der Waals surface area contributed by atoms with Gasteiger partial charge in [-0.25, -0.2) is 4.79 Å². The molecule has 3 nitrogen and oxygen atoms in total. The predicted molar refractivity (Wildman–Crippen MR) is 41.6 cm³/mol. The smallest absolute Gasteiger partial charge is 0.339 e. The highest BCUT2D eigenvalue weighted by Crippen LogP contribution is 2.26. The van der Waals surface area contributed by atoms with Gasteiger partial charge in [0.1, 0.15) is 11.3 Å². The van der Waals surface area contributed by atoms with Crippen molar-refractivity contribution in [2.24, 2.45) is 0 Å². The summed E-state index contributed by atoms with van der Waals surface area (Å²) in [4.78, 5) is 10.4. The highest BCUT2D eigenvalue weighted by molar-refractivity contribution is 9.10. The zero-order chi connectivity index (χ0) is 8.43. The third-order valence-electron chi connectivity index (χ3n) is 1.15. The van der Waals surface area contributed by atoms with Crippen LogP contribution in [0.5, 0.6) is 5.75 Å². The molecular formula is C7H4BrO3. The molecular weight excluding hydrogens is 212 g/mol. The van der Waals surface area contributed by atoms with Gasteiger partial charge in [-0.05, 0) is 34.1 Å². The van der Waals surface area contributed by atoms with Gasteiger partial charge >= 0.3 is 5.97 Å². The third-order valence-corrected chi connectivity index (χ3v) is 1.75. The molecule has 11 heavy (non-hydrogen) atoms. The number of benzene rings is 1. The summed E-state index contributed by atoms with van der Waals surface area (Å²) < 4.78 is 0.331. The molecule has 0 atom stereocenters. The van der Waals surface area contributed by atoms with E-state index in [2.05, 4.69) is 22.0 Å². The molecule has 0 amide bonds. The molecule has 0 spiro atoms. The van der Waals surface area contributed by atoms with Crippen LogP contribution in [0.1, 0.15) is 10.4 Å². The van der Waals surface area contributed by atoms with Crippen LogP contribution in [0.2, 0.25) is 0 Å². The summed E-state index contributed by atoms with van der Waals surface area (Å²) in [7, 11) is 0. The SMILES string of the molecule is O=C(O)c1c[c]cc(Br)c1O. The summed E-state index contributed by atoms with van der Waals surface area (Å²) >= 11 is 2.97. The summed E-state index contributed by atoms with van der Waals surface area (Å²) in [6.07, 6.45) is 0. The summed E-state index contributed by atoms with van der Waals surface area (Å²) in [5.74, 6) is -1.43. The Balaban J connectivity index is 3.27. The molecule has 0 saturated heterocycles. The van der Waals surface area contributed by atoms with Crippen molar-refractivity contribution >= 4 is 21.9 Å². The Bertz CT molecular complexity index is 296. The van der Waals surface area contributed by atoms with Crippen molar-refractivity contribution in [2.45, 2.75) is 0 Å². The van der Waals surface area contributed by atoms with Crippen LogP contribution in [0.3, 0.4) is 0 Å². The van der Waals surface area contributed by atoms with Gasteiger partial charge in [0, 0.05) is 0 Å². The molecule has 4 heteroatoms. The van der Waals surface area contributed by atoms with Gasteiger partial charge < -0.3 is 10.2 Å². The lowest BCUT2D eigenvalue weighted by Gasteiger charge is -1.98. The number of carboxylic acids is 1. The van der Waals surface area contributed by atoms with Gasteiger partial charge in [-0.3, -0.25) is 0 Å². The van der Waals surface area contributed by atoms with Crippen LogP contribution in [-0.4, -0.2) is 16.2 Å². The first-order valence-corrected chi connectivity index (χ1v) is 3.54. The molecule has 0 bridgehead atoms. The minimum Gasteiger partial charge on any atom is -0.506 e. The Morgan fingerprint density at radius 2 is 2.18 bits per heavy atom. The van der Waals surface area contributed by atoms with Gasteiger partial charge in [0.05, 0.1) is 4.47 Å². The van der Waals surface area contributed by atoms with E-state index in [1.807, 2.05) is 0 Å². The van der Waals surface area contributed by atoms with Crippen molar-refractivity contribution in [3.63, 3.8) is 0 Å². The van der Waals surface area contributed by atoms with E-state index in [4.69, 9.17) is 10.2 Å². The minimum absolute atomic E-state index is 0.153. The Kier molecular flexibility index (Phi) is 2.14. The van der Waals surface area contributed by atoms with Crippen LogP contribution in [-0.2, 0) is 0 Å². The van der Waals surface area contributed by atoms with E-state index < -0.39 is 5.97 Å². The summed E-state index contributed by atoms with van der Waals surface area (Å²) in [6, 6.07) is 5.22. The standard InChI is InChI=1S/C7H4BrO3/c8-5-3-1-2-4(6(5)9)7(10)11/h2-3,9H,(H,10,11). The van der Waals surface area contributed by atoms with Crippen LogP contribution in [0.25, 0.3) is 0 Å². The molecule has 0 unspecified atom stereocenters. The van der Waals surface area contributed by atoms with Gasteiger partial charge in [-0.15, -0.1) is 0 Å². The first kappa shape index (κ1) is 8.07. The number of phenols is 1. The van der Waals surface area contributed by atoms with Gasteiger partial charge in [0.25, 0.3) is 0 Å². The van der Waals surface area contributed by atoms with Crippen LogP contribution < -0.4 is 0 Å². The van der Waals surface area contributed by atoms with E-state index in [0.717, 1.165) is 0 Å². The van der Waals surface area contributed by atoms with E-state index in [1.54, 1.807) is 0 Å². The van der Waals surface area contributed by atoms with Crippen molar-refractivity contribution in [1.29, 1.82) is 0 Å². The molecule has 0 aliphatic rings. The van der Waals surface area contributed by atoms with E-state index in [-0.39, 0.29) is 11.3 Å². The average Bonchev–Trinajstić information content (AvgIpc) is 1.94. The highest BCUT2D eigenvalue weighted by Gasteiger charge is 2.10. The number of carbonyl (C=O) groups is 1. The quantitative estimate of drug-likeness (QED) is 0.750. The fraction of sp³-hybridized carbons (Fsp3) is 0. The Morgan fingerprint density at radius 1 is 1.55 bits per heavy atom. The molecule has 0 heterocycles. The van der Waals surface area contributed by atoms with Gasteiger partial charge in [0.15, 0.2) is 0 Å². The van der Waals surface area contributed by atoms with Crippen molar-refractivity contribution < 1.29 is 15.0 Å². The van der Waals surface area contributed by atoms with Crippen LogP contribution in [0, 0.1) is 6.07 Å². The fourth-order valence-electron chi connectivity index (χ4n) is 0.627. The van der Waals surface area contributed by atoms with Crippen LogP contribution in [0.4, 0.5) is 0 Å². The third kappa shape index (κ3) is 1.51. The molecule has 0 aliphatic heterocycles. The predicted octanol–water partition coefficient (Wildman–Crippen LogP) is 1.65. The monoisotopic (exact) mass is 215 g/mol. The summed E-state index contributed by atoms with van der Waals surface area (Å²) in [5.41, 5.74) is -0.153. The molecule has 0 aromatic heterocycles. The molecule has 57 valence electrons. The molecule has 0 saturated carbocycles. The first-order chi connectivity index (χ1) is 5.13. The van der Waals surface area contributed by atoms with Gasteiger partial charge in [-0.2, -0.15) is 0 Å². The van der Waals surface area contributed by atoms with E-state index in [0.29, 0.717) is 4.47 Å². The van der Waals surface area contributed by atoms with Crippen molar-refractivity contribution in [3.8, 4) is 5.75 Å². The van der Waals surface area contributed by atoms with Crippen LogP contribution in [0.15, 0.2) is 16.6 Å². The maximum absolute atomic E-state index is 10.4. The molecule has 1 aromatic carbocycles. The zero-order valence-electron chi connectivity index (χ0n) is 5.34. The van der Waals surface area contributed by atoms with Crippen molar-refractivity contribution in [2.75, 3.05) is 0 Å². The second kappa shape index (κ2) is 2.92. The normalized spacial score (nSPS) is 9.55. The lowest BCUT2D eigenvalue weighted by molar-refractivity contribution is 0.0693. The lowest BCUT2D eigenvalue weighted by atomic mass is 10.2. The summed E-state index contributed by atoms with van der Waals surface area (Å²) in [5, 5.41) is 17.6. The topological polar surface area (TPSA) is 57.5 Å². The van der Waals surface area contributed by atoms with E-state index in [9.17, 15) is 4.79 Å². The number of hydrogen-bond donors (Lipinski definition) is 2. The van der Waals surface area contributed by atoms with Gasteiger partial charge in [0.2, 0.25) is 0 Å². The molecule has 1 rings (SSSR count). The maximum atomic E-state index is 10.4. The number of hydrogen-bond acceptors (Lipinski definition) is 2. The molecule has 2 N–H and O–H groups in total. The first-order valence-electron chi connectivity index (χ1n) is 2.75. The number of rotatable bonds is 1.